The molecule has 3 aromatic rings. The van der Waals surface area contributed by atoms with Crippen LogP contribution in [0.3, 0.4) is 0 Å². The molecule has 0 aliphatic carbocycles. The standard InChI is InChI=1S/C41H53N5O5/c1-8-9-10-11-12-13-30-36-20-31-24(2)18-27(42-31)19-32-25(3)28(14-16-39(48)49)34(43-32)21-35-29(15-17-40(50)51)26(4)33(44-35)22-37(45-36)41(30,5)23-38(47)46(6)7/h18-22,30,43-44H,8-17,23H2,1-7H3,(H,48,49)(H,50,51)/t30?,41-/m1/s1. The molecular formula is C41H53N5O5. The zero-order valence-corrected chi connectivity index (χ0v) is 31.2. The van der Waals surface area contributed by atoms with Gasteiger partial charge in [0.2, 0.25) is 5.91 Å². The molecule has 0 fully saturated rings. The highest BCUT2D eigenvalue weighted by atomic mass is 16.4. The van der Waals surface area contributed by atoms with Crippen molar-refractivity contribution in [1.29, 1.82) is 0 Å². The number of carbonyl (C=O) groups excluding carboxylic acids is 1. The first-order valence-corrected chi connectivity index (χ1v) is 18.3. The van der Waals surface area contributed by atoms with Crippen LogP contribution in [-0.4, -0.2) is 67.0 Å². The number of H-pyrrole nitrogens is 2. The molecule has 10 nitrogen and oxygen atoms in total. The molecule has 0 saturated heterocycles. The second-order valence-electron chi connectivity index (χ2n) is 14.8. The maximum Gasteiger partial charge on any atom is 0.303 e. The Morgan fingerprint density at radius 2 is 1.39 bits per heavy atom. The second kappa shape index (κ2) is 15.7. The molecule has 4 N–H and O–H groups in total. The van der Waals surface area contributed by atoms with Crippen molar-refractivity contribution in [2.24, 2.45) is 0 Å². The van der Waals surface area contributed by atoms with Crippen LogP contribution < -0.4 is 0 Å². The molecule has 0 saturated carbocycles. The fraction of sp³-hybridized carbons (Fsp3) is 0.488. The lowest BCUT2D eigenvalue weighted by Crippen LogP contribution is -2.34. The van der Waals surface area contributed by atoms with E-state index in [1.807, 2.05) is 32.9 Å². The largest absolute Gasteiger partial charge is 0.481 e. The van der Waals surface area contributed by atoms with Gasteiger partial charge in [0.1, 0.15) is 0 Å². The molecule has 1 amide bonds. The van der Waals surface area contributed by atoms with E-state index < -0.39 is 17.4 Å². The quantitative estimate of drug-likeness (QED) is 0.124. The first-order chi connectivity index (χ1) is 24.2. The molecule has 2 aliphatic heterocycles. The van der Waals surface area contributed by atoms with E-state index >= 15 is 0 Å². The highest BCUT2D eigenvalue weighted by Gasteiger charge is 2.44. The number of carboxylic acids is 2. The Balaban J connectivity index is 1.85. The molecule has 2 aliphatic rings. The van der Waals surface area contributed by atoms with Crippen molar-refractivity contribution in [3.05, 3.63) is 69.3 Å². The Hall–Kier alpha value is -4.73. The third kappa shape index (κ3) is 8.26. The summed E-state index contributed by atoms with van der Waals surface area (Å²) >= 11 is 0. The van der Waals surface area contributed by atoms with Crippen LogP contribution in [0.25, 0.3) is 33.7 Å². The number of aromatic amines is 2. The van der Waals surface area contributed by atoms with Gasteiger partial charge in [0.25, 0.3) is 0 Å². The number of aryl methyl sites for hydroxylation is 4. The van der Waals surface area contributed by atoms with Crippen LogP contribution in [0.1, 0.15) is 130 Å². The SMILES string of the molecule is CCCCCCCC1c2cc3nc(cc4[nH]c(cc5[nH]c(cc(n2)[C@]1(C)CC(=O)N(C)C)c(C)c5CCC(=O)O)c(CCC(=O)O)c4C)C=C3C. The van der Waals surface area contributed by atoms with Gasteiger partial charge in [0, 0.05) is 78.1 Å². The number of aromatic nitrogens is 4. The molecule has 0 spiro atoms. The minimum atomic E-state index is -0.886. The van der Waals surface area contributed by atoms with Gasteiger partial charge in [-0.05, 0) is 98.2 Å². The van der Waals surface area contributed by atoms with Gasteiger partial charge >= 0.3 is 11.9 Å². The van der Waals surface area contributed by atoms with Gasteiger partial charge in [-0.2, -0.15) is 0 Å². The van der Waals surface area contributed by atoms with Crippen LogP contribution in [0.15, 0.2) is 24.3 Å². The van der Waals surface area contributed by atoms with Gasteiger partial charge in [-0.3, -0.25) is 19.4 Å². The predicted molar refractivity (Wildman–Crippen MR) is 203 cm³/mol. The summed E-state index contributed by atoms with van der Waals surface area (Å²) in [6, 6.07) is 8.12. The first-order valence-electron chi connectivity index (χ1n) is 18.3. The number of nitrogens with zero attached hydrogens (tertiary/aromatic N) is 3. The minimum absolute atomic E-state index is 0.00847. The number of hydrogen-bond acceptors (Lipinski definition) is 5. The normalized spacial score (nSPS) is 17.0. The molecule has 5 rings (SSSR count). The number of carboxylic acid groups (broad SMARTS) is 2. The summed E-state index contributed by atoms with van der Waals surface area (Å²) in [6.07, 6.45) is 9.51. The van der Waals surface area contributed by atoms with Crippen LogP contribution >= 0.6 is 0 Å². The summed E-state index contributed by atoms with van der Waals surface area (Å²) in [7, 11) is 3.58. The molecule has 2 atom stereocenters. The fourth-order valence-electron chi connectivity index (χ4n) is 7.63. The molecule has 1 unspecified atom stereocenters. The monoisotopic (exact) mass is 695 g/mol. The minimum Gasteiger partial charge on any atom is -0.481 e. The summed E-state index contributed by atoms with van der Waals surface area (Å²) in [5, 5.41) is 19.2. The molecule has 0 radical (unpaired) electrons. The number of carbonyl (C=O) groups is 3. The van der Waals surface area contributed by atoms with E-state index in [1.54, 1.807) is 19.0 Å². The summed E-state index contributed by atoms with van der Waals surface area (Å²) in [5.74, 6) is -1.74. The topological polar surface area (TPSA) is 152 Å². The third-order valence-corrected chi connectivity index (χ3v) is 10.8. The lowest BCUT2D eigenvalue weighted by atomic mass is 9.70. The molecule has 5 heterocycles. The van der Waals surface area contributed by atoms with Crippen LogP contribution in [0.2, 0.25) is 0 Å². The number of unbranched alkanes of at least 4 members (excludes halogenated alkanes) is 4. The number of allylic oxidation sites excluding steroid dienone is 1. The Morgan fingerprint density at radius 1 is 0.804 bits per heavy atom. The Bertz CT molecular complexity index is 2020. The van der Waals surface area contributed by atoms with Crippen molar-refractivity contribution in [1.82, 2.24) is 24.8 Å². The Morgan fingerprint density at radius 3 is 1.96 bits per heavy atom. The van der Waals surface area contributed by atoms with E-state index in [-0.39, 0.29) is 24.7 Å². The molecule has 272 valence electrons. The Labute approximate surface area is 300 Å². The van der Waals surface area contributed by atoms with Crippen molar-refractivity contribution in [2.45, 2.75) is 117 Å². The smallest absolute Gasteiger partial charge is 0.303 e. The van der Waals surface area contributed by atoms with E-state index in [4.69, 9.17) is 9.97 Å². The van der Waals surface area contributed by atoms with Gasteiger partial charge < -0.3 is 25.1 Å². The molecule has 10 heteroatoms. The number of aliphatic carboxylic acids is 2. The molecule has 0 aromatic carbocycles. The number of fused-ring (bicyclic) bond motifs is 8. The second-order valence-corrected chi connectivity index (χ2v) is 14.8. The maximum atomic E-state index is 13.5. The van der Waals surface area contributed by atoms with E-state index in [1.165, 1.54) is 19.3 Å². The molecule has 8 bridgehead atoms. The summed E-state index contributed by atoms with van der Waals surface area (Å²) < 4.78 is 0. The third-order valence-electron chi connectivity index (χ3n) is 10.8. The molecule has 51 heavy (non-hydrogen) atoms. The lowest BCUT2D eigenvalue weighted by Gasteiger charge is -2.32. The van der Waals surface area contributed by atoms with Gasteiger partial charge in [-0.1, -0.05) is 46.0 Å². The lowest BCUT2D eigenvalue weighted by molar-refractivity contribution is -0.138. The molecular weight excluding hydrogens is 642 g/mol. The van der Waals surface area contributed by atoms with Crippen LogP contribution in [0.5, 0.6) is 0 Å². The van der Waals surface area contributed by atoms with Crippen LogP contribution in [0.4, 0.5) is 0 Å². The van der Waals surface area contributed by atoms with Crippen molar-refractivity contribution in [3.8, 4) is 0 Å². The van der Waals surface area contributed by atoms with E-state index in [0.29, 0.717) is 19.3 Å². The molecule has 3 aromatic heterocycles. The number of rotatable bonds is 14. The first kappa shape index (κ1) is 37.5. The van der Waals surface area contributed by atoms with Crippen LogP contribution in [-0.2, 0) is 32.6 Å². The van der Waals surface area contributed by atoms with Crippen molar-refractivity contribution in [2.75, 3.05) is 14.1 Å². The Kier molecular flexibility index (Phi) is 11.5. The number of nitrogens with one attached hydrogen (secondary N) is 2. The van der Waals surface area contributed by atoms with Gasteiger partial charge in [0.05, 0.1) is 11.4 Å². The number of amides is 1. The highest BCUT2D eigenvalue weighted by Crippen LogP contribution is 2.48. The van der Waals surface area contributed by atoms with E-state index in [2.05, 4.69) is 42.0 Å². The highest BCUT2D eigenvalue weighted by molar-refractivity contribution is 5.85. The predicted octanol–water partition coefficient (Wildman–Crippen LogP) is 8.41. The van der Waals surface area contributed by atoms with Crippen LogP contribution in [0, 0.1) is 13.8 Å². The summed E-state index contributed by atoms with van der Waals surface area (Å²) in [6.45, 7) is 10.4. The average Bonchev–Trinajstić information content (AvgIpc) is 3.72. The van der Waals surface area contributed by atoms with Gasteiger partial charge in [-0.25, -0.2) is 4.98 Å². The average molecular weight is 696 g/mol. The maximum absolute atomic E-state index is 13.5. The van der Waals surface area contributed by atoms with E-state index in [0.717, 1.165) is 91.9 Å². The zero-order valence-electron chi connectivity index (χ0n) is 31.2. The fourth-order valence-corrected chi connectivity index (χ4v) is 7.63. The van der Waals surface area contributed by atoms with E-state index in [9.17, 15) is 24.6 Å². The van der Waals surface area contributed by atoms with Crippen molar-refractivity contribution < 1.29 is 24.6 Å². The summed E-state index contributed by atoms with van der Waals surface area (Å²) in [5.41, 5.74) is 10.6. The summed E-state index contributed by atoms with van der Waals surface area (Å²) in [4.78, 5) is 56.1. The van der Waals surface area contributed by atoms with Gasteiger partial charge in [0.15, 0.2) is 0 Å². The van der Waals surface area contributed by atoms with Crippen molar-refractivity contribution >= 4 is 51.6 Å². The zero-order chi connectivity index (χ0) is 37.0. The van der Waals surface area contributed by atoms with Crippen molar-refractivity contribution in [3.63, 3.8) is 0 Å². The van der Waals surface area contributed by atoms with Gasteiger partial charge in [-0.15, -0.1) is 0 Å². The number of hydrogen-bond donors (Lipinski definition) is 4.